The van der Waals surface area contributed by atoms with Crippen molar-refractivity contribution >= 4 is 15.9 Å². The first-order chi connectivity index (χ1) is 9.33. The summed E-state index contributed by atoms with van der Waals surface area (Å²) in [6, 6.07) is 18.8. The summed E-state index contributed by atoms with van der Waals surface area (Å²) in [4.78, 5) is 0. The lowest BCUT2D eigenvalue weighted by Gasteiger charge is -2.32. The summed E-state index contributed by atoms with van der Waals surface area (Å²) in [6.45, 7) is 1.89. The number of benzene rings is 2. The van der Waals surface area contributed by atoms with Crippen LogP contribution in [0.3, 0.4) is 0 Å². The second-order valence-electron chi connectivity index (χ2n) is 4.76. The van der Waals surface area contributed by atoms with Gasteiger partial charge in [-0.05, 0) is 23.3 Å². The summed E-state index contributed by atoms with van der Waals surface area (Å²) in [5.74, 6) is 0. The minimum absolute atomic E-state index is 0.0152. The fourth-order valence-corrected chi connectivity index (χ4v) is 2.43. The zero-order valence-corrected chi connectivity index (χ0v) is 12.1. The maximum absolute atomic E-state index is 6.22. The molecular weight excluding hydrogens is 302 g/mol. The quantitative estimate of drug-likeness (QED) is 0.931. The number of halogens is 1. The van der Waals surface area contributed by atoms with Gasteiger partial charge in [-0.2, -0.15) is 0 Å². The molecule has 0 aliphatic carbocycles. The van der Waals surface area contributed by atoms with Crippen LogP contribution >= 0.6 is 15.9 Å². The van der Waals surface area contributed by atoms with Crippen molar-refractivity contribution < 1.29 is 4.74 Å². The fraction of sp³-hybridized carbons (Fsp3) is 0.250. The van der Waals surface area contributed by atoms with Gasteiger partial charge in [0.25, 0.3) is 0 Å². The molecule has 0 saturated carbocycles. The molecule has 1 saturated heterocycles. The molecule has 1 aliphatic heterocycles. The van der Waals surface area contributed by atoms with Crippen molar-refractivity contribution in [2.75, 3.05) is 13.1 Å². The van der Waals surface area contributed by atoms with E-state index in [1.807, 2.05) is 6.07 Å². The van der Waals surface area contributed by atoms with Crippen LogP contribution in [-0.2, 0) is 4.74 Å². The van der Waals surface area contributed by atoms with E-state index >= 15 is 0 Å². The number of nitrogens with one attached hydrogen (secondary N) is 1. The lowest BCUT2D eigenvalue weighted by molar-refractivity contribution is -0.0202. The first kappa shape index (κ1) is 12.9. The molecule has 1 unspecified atom stereocenters. The Kier molecular flexibility index (Phi) is 3.97. The van der Waals surface area contributed by atoms with Crippen molar-refractivity contribution in [3.05, 3.63) is 70.2 Å². The zero-order valence-electron chi connectivity index (χ0n) is 10.6. The third kappa shape index (κ3) is 3.06. The number of hydrogen-bond acceptors (Lipinski definition) is 2. The first-order valence-corrected chi connectivity index (χ1v) is 7.29. The highest BCUT2D eigenvalue weighted by Gasteiger charge is 2.24. The lowest BCUT2D eigenvalue weighted by Crippen LogP contribution is -2.49. The molecular formula is C16H16BrNO. The van der Waals surface area contributed by atoms with E-state index in [0.29, 0.717) is 6.10 Å². The molecule has 0 spiro atoms. The molecule has 2 aromatic carbocycles. The molecule has 2 nitrogen and oxygen atoms in total. The van der Waals surface area contributed by atoms with Crippen molar-refractivity contribution in [3.63, 3.8) is 0 Å². The Hall–Kier alpha value is -1.16. The van der Waals surface area contributed by atoms with Crippen LogP contribution in [0, 0.1) is 0 Å². The van der Waals surface area contributed by atoms with Gasteiger partial charge < -0.3 is 10.1 Å². The maximum atomic E-state index is 6.22. The predicted molar refractivity (Wildman–Crippen MR) is 80.2 cm³/mol. The average molecular weight is 318 g/mol. The molecule has 0 aromatic heterocycles. The van der Waals surface area contributed by atoms with Crippen LogP contribution in [0.15, 0.2) is 59.1 Å². The van der Waals surface area contributed by atoms with Crippen molar-refractivity contribution in [2.45, 2.75) is 12.2 Å². The summed E-state index contributed by atoms with van der Waals surface area (Å²) in [6.07, 6.45) is 0.329. The largest absolute Gasteiger partial charge is 0.363 e. The van der Waals surface area contributed by atoms with E-state index in [1.165, 1.54) is 11.1 Å². The van der Waals surface area contributed by atoms with Crippen LogP contribution in [0.5, 0.6) is 0 Å². The van der Waals surface area contributed by atoms with E-state index in [2.05, 4.69) is 69.8 Å². The normalized spacial score (nSPS) is 16.9. The van der Waals surface area contributed by atoms with Crippen LogP contribution < -0.4 is 5.32 Å². The van der Waals surface area contributed by atoms with Crippen LogP contribution in [0.2, 0.25) is 0 Å². The van der Waals surface area contributed by atoms with E-state index in [4.69, 9.17) is 4.74 Å². The lowest BCUT2D eigenvalue weighted by atomic mass is 10.0. The van der Waals surface area contributed by atoms with Gasteiger partial charge in [0.05, 0.1) is 6.10 Å². The van der Waals surface area contributed by atoms with Crippen LogP contribution in [-0.4, -0.2) is 19.2 Å². The molecule has 1 atom stereocenters. The Balaban J connectivity index is 1.88. The molecule has 98 valence electrons. The molecule has 0 amide bonds. The monoisotopic (exact) mass is 317 g/mol. The van der Waals surface area contributed by atoms with Crippen molar-refractivity contribution in [1.82, 2.24) is 5.32 Å². The van der Waals surface area contributed by atoms with Gasteiger partial charge in [0, 0.05) is 17.6 Å². The topological polar surface area (TPSA) is 21.3 Å². The van der Waals surface area contributed by atoms with Gasteiger partial charge in [0.1, 0.15) is 6.10 Å². The highest BCUT2D eigenvalue weighted by molar-refractivity contribution is 9.10. The van der Waals surface area contributed by atoms with Crippen LogP contribution in [0.25, 0.3) is 0 Å². The molecule has 3 heteroatoms. The number of ether oxygens (including phenoxy) is 1. The van der Waals surface area contributed by atoms with Crippen molar-refractivity contribution in [1.29, 1.82) is 0 Å². The molecule has 1 aliphatic rings. The third-order valence-electron chi connectivity index (χ3n) is 3.35. The van der Waals surface area contributed by atoms with E-state index in [0.717, 1.165) is 17.6 Å². The predicted octanol–water partition coefficient (Wildman–Crippen LogP) is 3.53. The summed E-state index contributed by atoms with van der Waals surface area (Å²) in [5.41, 5.74) is 2.40. The number of rotatable bonds is 4. The van der Waals surface area contributed by atoms with E-state index < -0.39 is 0 Å². The standard InChI is InChI=1S/C16H16BrNO/c17-14-8-6-13(7-9-14)16(19-15-10-18-11-15)12-4-2-1-3-5-12/h1-9,15-16,18H,10-11H2. The Morgan fingerprint density at radius 1 is 0.947 bits per heavy atom. The van der Waals surface area contributed by atoms with Crippen molar-refractivity contribution in [3.8, 4) is 0 Å². The molecule has 2 aromatic rings. The van der Waals surface area contributed by atoms with Gasteiger partial charge in [0.2, 0.25) is 0 Å². The average Bonchev–Trinajstić information content (AvgIpc) is 2.40. The number of hydrogen-bond donors (Lipinski definition) is 1. The van der Waals surface area contributed by atoms with E-state index in [9.17, 15) is 0 Å². The second-order valence-corrected chi connectivity index (χ2v) is 5.67. The van der Waals surface area contributed by atoms with Gasteiger partial charge in [-0.15, -0.1) is 0 Å². The molecule has 19 heavy (non-hydrogen) atoms. The zero-order chi connectivity index (χ0) is 13.1. The summed E-state index contributed by atoms with van der Waals surface area (Å²) in [7, 11) is 0. The molecule has 1 fully saturated rings. The van der Waals surface area contributed by atoms with Gasteiger partial charge in [-0.1, -0.05) is 58.4 Å². The Bertz CT molecular complexity index is 522. The highest BCUT2D eigenvalue weighted by atomic mass is 79.9. The second kappa shape index (κ2) is 5.87. The summed E-state index contributed by atoms with van der Waals surface area (Å²) >= 11 is 3.48. The fourth-order valence-electron chi connectivity index (χ4n) is 2.17. The first-order valence-electron chi connectivity index (χ1n) is 6.49. The third-order valence-corrected chi connectivity index (χ3v) is 3.88. The molecule has 1 heterocycles. The van der Waals surface area contributed by atoms with E-state index in [1.54, 1.807) is 0 Å². The Labute approximate surface area is 121 Å². The SMILES string of the molecule is Brc1ccc(C(OC2CNC2)c2ccccc2)cc1. The van der Waals surface area contributed by atoms with Crippen LogP contribution in [0.1, 0.15) is 17.2 Å². The molecule has 0 radical (unpaired) electrons. The minimum atomic E-state index is 0.0152. The van der Waals surface area contributed by atoms with Gasteiger partial charge in [0.15, 0.2) is 0 Å². The molecule has 1 N–H and O–H groups in total. The van der Waals surface area contributed by atoms with Gasteiger partial charge in [-0.25, -0.2) is 0 Å². The smallest absolute Gasteiger partial charge is 0.108 e. The maximum Gasteiger partial charge on any atom is 0.108 e. The van der Waals surface area contributed by atoms with Crippen molar-refractivity contribution in [2.24, 2.45) is 0 Å². The van der Waals surface area contributed by atoms with E-state index in [-0.39, 0.29) is 6.10 Å². The van der Waals surface area contributed by atoms with Gasteiger partial charge in [-0.3, -0.25) is 0 Å². The minimum Gasteiger partial charge on any atom is -0.363 e. The summed E-state index contributed by atoms with van der Waals surface area (Å²) < 4.78 is 7.31. The highest BCUT2D eigenvalue weighted by Crippen LogP contribution is 2.29. The Morgan fingerprint density at radius 2 is 1.58 bits per heavy atom. The van der Waals surface area contributed by atoms with Crippen LogP contribution in [0.4, 0.5) is 0 Å². The van der Waals surface area contributed by atoms with Gasteiger partial charge >= 0.3 is 0 Å². The molecule has 0 bridgehead atoms. The molecule has 3 rings (SSSR count). The Morgan fingerprint density at radius 3 is 2.16 bits per heavy atom. The summed E-state index contributed by atoms with van der Waals surface area (Å²) in [5, 5.41) is 3.25.